The lowest BCUT2D eigenvalue weighted by atomic mass is 10.2. The fourth-order valence-electron chi connectivity index (χ4n) is 2.13. The van der Waals surface area contributed by atoms with E-state index >= 15 is 0 Å². The van der Waals surface area contributed by atoms with Crippen LogP contribution in [0.5, 0.6) is 0 Å². The fourth-order valence-corrected chi connectivity index (χ4v) is 5.19. The molecule has 0 saturated heterocycles. The largest absolute Gasteiger partial charge is 0.383 e. The van der Waals surface area contributed by atoms with Gasteiger partial charge in [0, 0.05) is 15.4 Å². The molecule has 0 fully saturated rings. The van der Waals surface area contributed by atoms with Crippen LogP contribution in [0.3, 0.4) is 0 Å². The topological polar surface area (TPSA) is 74.8 Å². The lowest BCUT2D eigenvalue weighted by Gasteiger charge is -2.06. The van der Waals surface area contributed by atoms with Crippen molar-refractivity contribution >= 4 is 67.0 Å². The first-order chi connectivity index (χ1) is 11.5. The van der Waals surface area contributed by atoms with Crippen LogP contribution < -0.4 is 11.1 Å². The molecule has 0 amide bonds. The summed E-state index contributed by atoms with van der Waals surface area (Å²) >= 11 is 8.31. The highest BCUT2D eigenvalue weighted by atomic mass is 79.9. The van der Waals surface area contributed by atoms with Gasteiger partial charge in [0.15, 0.2) is 5.13 Å². The molecule has 8 heteroatoms. The normalized spacial score (nSPS) is 10.8. The number of thiophene rings is 1. The molecule has 0 saturated carbocycles. The number of hydrogen-bond acceptors (Lipinski definition) is 6. The van der Waals surface area contributed by atoms with Gasteiger partial charge in [0.1, 0.15) is 5.84 Å². The zero-order chi connectivity index (χ0) is 17.3. The van der Waals surface area contributed by atoms with Gasteiger partial charge < -0.3 is 11.1 Å². The van der Waals surface area contributed by atoms with Crippen LogP contribution in [-0.2, 0) is 0 Å². The first kappa shape index (κ1) is 17.5. The maximum Gasteiger partial charge on any atom is 0.187 e. The van der Waals surface area contributed by atoms with Crippen molar-refractivity contribution < 1.29 is 0 Å². The average molecular weight is 439 g/mol. The van der Waals surface area contributed by atoms with E-state index in [9.17, 15) is 0 Å². The van der Waals surface area contributed by atoms with Crippen LogP contribution in [0.25, 0.3) is 11.3 Å². The molecule has 0 unspecified atom stereocenters. The molecule has 0 aliphatic heterocycles. The van der Waals surface area contributed by atoms with E-state index in [1.807, 2.05) is 23.8 Å². The van der Waals surface area contributed by atoms with Crippen molar-refractivity contribution in [3.63, 3.8) is 0 Å². The quantitative estimate of drug-likeness (QED) is 0.271. The summed E-state index contributed by atoms with van der Waals surface area (Å²) in [7, 11) is 0. The van der Waals surface area contributed by atoms with Crippen molar-refractivity contribution in [1.29, 1.82) is 5.41 Å². The van der Waals surface area contributed by atoms with E-state index in [1.54, 1.807) is 23.1 Å². The second-order valence-corrected chi connectivity index (χ2v) is 8.92. The molecule has 0 atom stereocenters. The van der Waals surface area contributed by atoms with Gasteiger partial charge in [-0.05, 0) is 52.9 Å². The van der Waals surface area contributed by atoms with Gasteiger partial charge >= 0.3 is 0 Å². The Morgan fingerprint density at radius 3 is 2.83 bits per heavy atom. The number of aromatic nitrogens is 1. The molecule has 0 aliphatic rings. The summed E-state index contributed by atoms with van der Waals surface area (Å²) in [6, 6.07) is 8.11. The Morgan fingerprint density at radius 2 is 2.17 bits per heavy atom. The van der Waals surface area contributed by atoms with Crippen LogP contribution in [0.4, 0.5) is 10.8 Å². The molecule has 0 bridgehead atoms. The third kappa shape index (κ3) is 3.66. The van der Waals surface area contributed by atoms with Crippen LogP contribution in [0.2, 0.25) is 0 Å². The van der Waals surface area contributed by atoms with Crippen LogP contribution >= 0.6 is 50.4 Å². The maximum absolute atomic E-state index is 7.62. The minimum absolute atomic E-state index is 0.0960. The Labute approximate surface area is 161 Å². The number of aryl methyl sites for hydroxylation is 1. The van der Waals surface area contributed by atoms with Gasteiger partial charge in [-0.15, -0.1) is 34.4 Å². The number of halogens is 1. The van der Waals surface area contributed by atoms with Crippen molar-refractivity contribution in [3.8, 4) is 11.3 Å². The molecule has 0 aliphatic carbocycles. The number of rotatable bonds is 5. The zero-order valence-corrected chi connectivity index (χ0v) is 17.0. The number of nitrogen functional groups attached to an aromatic ring is 1. The average Bonchev–Trinajstić information content (AvgIpc) is 3.16. The Bertz CT molecular complexity index is 901. The van der Waals surface area contributed by atoms with Gasteiger partial charge in [-0.3, -0.25) is 5.41 Å². The van der Waals surface area contributed by atoms with E-state index in [1.165, 1.54) is 16.9 Å². The van der Waals surface area contributed by atoms with Crippen molar-refractivity contribution in [2.75, 3.05) is 11.6 Å². The minimum Gasteiger partial charge on any atom is -0.383 e. The summed E-state index contributed by atoms with van der Waals surface area (Å²) in [6.07, 6.45) is 2.02. The highest BCUT2D eigenvalue weighted by Gasteiger charge is 2.15. The number of thiazole rings is 1. The predicted molar refractivity (Wildman–Crippen MR) is 110 cm³/mol. The number of anilines is 2. The Balaban J connectivity index is 1.89. The van der Waals surface area contributed by atoms with E-state index in [-0.39, 0.29) is 5.84 Å². The summed E-state index contributed by atoms with van der Waals surface area (Å²) in [5.41, 5.74) is 9.74. The number of benzene rings is 1. The van der Waals surface area contributed by atoms with Crippen molar-refractivity contribution in [3.05, 3.63) is 44.6 Å². The maximum atomic E-state index is 7.62. The SMILES string of the molecule is CSc1sc(C(=N)N)cc1-c1csc(Nc2ccc(C)cc2Br)n1. The summed E-state index contributed by atoms with van der Waals surface area (Å²) in [4.78, 5) is 5.47. The highest BCUT2D eigenvalue weighted by Crippen LogP contribution is 2.39. The predicted octanol–water partition coefficient (Wildman–Crippen LogP) is 5.69. The van der Waals surface area contributed by atoms with Gasteiger partial charge in [0.25, 0.3) is 0 Å². The monoisotopic (exact) mass is 438 g/mol. The Kier molecular flexibility index (Phi) is 5.29. The molecule has 1 aromatic carbocycles. The fraction of sp³-hybridized carbons (Fsp3) is 0.125. The third-order valence-corrected chi connectivity index (χ3v) is 7.01. The van der Waals surface area contributed by atoms with Gasteiger partial charge in [0.2, 0.25) is 0 Å². The summed E-state index contributed by atoms with van der Waals surface area (Å²) < 4.78 is 2.13. The van der Waals surface area contributed by atoms with E-state index in [4.69, 9.17) is 11.1 Å². The summed E-state index contributed by atoms with van der Waals surface area (Å²) in [5.74, 6) is 0.0960. The van der Waals surface area contributed by atoms with Crippen molar-refractivity contribution in [2.45, 2.75) is 11.1 Å². The van der Waals surface area contributed by atoms with Gasteiger partial charge in [0.05, 0.1) is 20.5 Å². The smallest absolute Gasteiger partial charge is 0.187 e. The van der Waals surface area contributed by atoms with Gasteiger partial charge in [-0.25, -0.2) is 4.98 Å². The molecule has 124 valence electrons. The molecule has 0 spiro atoms. The summed E-state index contributed by atoms with van der Waals surface area (Å²) in [6.45, 7) is 2.06. The van der Waals surface area contributed by atoms with E-state index in [0.29, 0.717) is 0 Å². The van der Waals surface area contributed by atoms with Crippen LogP contribution in [0, 0.1) is 12.3 Å². The second-order valence-electron chi connectivity index (χ2n) is 5.08. The molecule has 2 heterocycles. The molecule has 24 heavy (non-hydrogen) atoms. The minimum atomic E-state index is 0.0960. The Morgan fingerprint density at radius 1 is 1.38 bits per heavy atom. The van der Waals surface area contributed by atoms with Crippen molar-refractivity contribution in [2.24, 2.45) is 5.73 Å². The molecule has 2 aromatic heterocycles. The number of nitrogens with two attached hydrogens (primary N) is 1. The first-order valence-corrected chi connectivity index (χ1v) is 10.7. The molecule has 4 N–H and O–H groups in total. The van der Waals surface area contributed by atoms with E-state index < -0.39 is 0 Å². The first-order valence-electron chi connectivity index (χ1n) is 6.99. The lowest BCUT2D eigenvalue weighted by Crippen LogP contribution is -2.08. The molecule has 3 aromatic rings. The molecule has 0 radical (unpaired) electrons. The van der Waals surface area contributed by atoms with Gasteiger partial charge in [-0.2, -0.15) is 0 Å². The number of amidine groups is 1. The van der Waals surface area contributed by atoms with Crippen LogP contribution in [-0.4, -0.2) is 17.1 Å². The molecule has 3 rings (SSSR count). The van der Waals surface area contributed by atoms with Crippen molar-refractivity contribution in [1.82, 2.24) is 4.98 Å². The number of thioether (sulfide) groups is 1. The molecular weight excluding hydrogens is 424 g/mol. The zero-order valence-electron chi connectivity index (χ0n) is 13.0. The highest BCUT2D eigenvalue weighted by molar-refractivity contribution is 9.10. The standard InChI is InChI=1S/C16H15BrN4S3/c1-8-3-4-11(10(17)5-8)20-16-21-12(7-23-16)9-6-13(14(18)19)24-15(9)22-2/h3-7H,1-2H3,(H3,18,19)(H,20,21). The number of hydrogen-bond donors (Lipinski definition) is 3. The second kappa shape index (κ2) is 7.26. The summed E-state index contributed by atoms with van der Waals surface area (Å²) in [5, 5.41) is 13.8. The van der Waals surface area contributed by atoms with E-state index in [0.717, 1.165) is 35.6 Å². The number of nitrogens with zero attached hydrogens (tertiary/aromatic N) is 1. The molecule has 4 nitrogen and oxygen atoms in total. The third-order valence-electron chi connectivity index (χ3n) is 3.30. The molecular formula is C16H15BrN4S3. The lowest BCUT2D eigenvalue weighted by molar-refractivity contribution is 1.36. The van der Waals surface area contributed by atoms with Crippen LogP contribution in [0.1, 0.15) is 10.4 Å². The Hall–Kier alpha value is -1.35. The van der Waals surface area contributed by atoms with Crippen LogP contribution in [0.15, 0.2) is 38.3 Å². The van der Waals surface area contributed by atoms with Gasteiger partial charge in [-0.1, -0.05) is 6.07 Å². The van der Waals surface area contributed by atoms with E-state index in [2.05, 4.69) is 45.3 Å². The number of nitrogens with one attached hydrogen (secondary N) is 2.